The number of nitrogens with zero attached hydrogens (tertiary/aromatic N) is 2. The summed E-state index contributed by atoms with van der Waals surface area (Å²) in [4.78, 5) is 8.16. The van der Waals surface area contributed by atoms with E-state index in [0.717, 1.165) is 0 Å². The molecule has 5 heteroatoms. The lowest BCUT2D eigenvalue weighted by Gasteiger charge is -2.04. The Kier molecular flexibility index (Phi) is 3.10. The normalized spacial score (nSPS) is 10.3. The van der Waals surface area contributed by atoms with Crippen molar-refractivity contribution in [1.29, 1.82) is 0 Å². The Balaban J connectivity index is 2.63. The zero-order valence-electron chi connectivity index (χ0n) is 7.42. The molecule has 1 aromatic carbocycles. The maximum Gasteiger partial charge on any atom is 0.160 e. The van der Waals surface area contributed by atoms with E-state index in [1.807, 2.05) is 0 Å². The van der Waals surface area contributed by atoms with Gasteiger partial charge in [-0.05, 0) is 18.2 Å². The summed E-state index contributed by atoms with van der Waals surface area (Å²) in [6, 6.07) is 4.99. The van der Waals surface area contributed by atoms with Crippen LogP contribution in [0.1, 0.15) is 0 Å². The van der Waals surface area contributed by atoms with Gasteiger partial charge in [0.05, 0.1) is 10.0 Å². The highest BCUT2D eigenvalue weighted by Crippen LogP contribution is 2.34. The Hall–Kier alpha value is -0.830. The van der Waals surface area contributed by atoms with Crippen molar-refractivity contribution in [3.8, 4) is 11.4 Å². The number of hydrogen-bond donors (Lipinski definition) is 0. The lowest BCUT2D eigenvalue weighted by atomic mass is 10.2. The van der Waals surface area contributed by atoms with E-state index in [4.69, 9.17) is 34.8 Å². The molecule has 76 valence electrons. The molecule has 0 spiro atoms. The predicted octanol–water partition coefficient (Wildman–Crippen LogP) is 4.10. The molecule has 2 rings (SSSR count). The van der Waals surface area contributed by atoms with Crippen molar-refractivity contribution >= 4 is 34.8 Å². The molecule has 15 heavy (non-hydrogen) atoms. The topological polar surface area (TPSA) is 25.8 Å². The highest BCUT2D eigenvalue weighted by Gasteiger charge is 2.10. The van der Waals surface area contributed by atoms with Crippen LogP contribution in [0, 0.1) is 0 Å². The van der Waals surface area contributed by atoms with Gasteiger partial charge in [-0.15, -0.1) is 0 Å². The molecular formula is C10H5Cl3N2. The summed E-state index contributed by atoms with van der Waals surface area (Å²) in [6.07, 6.45) is 3.26. The minimum Gasteiger partial charge on any atom is -0.237 e. The average molecular weight is 260 g/mol. The summed E-state index contributed by atoms with van der Waals surface area (Å²) in [5, 5.41) is 1.31. The van der Waals surface area contributed by atoms with Crippen molar-refractivity contribution in [2.24, 2.45) is 0 Å². The third-order valence-corrected chi connectivity index (χ3v) is 2.82. The van der Waals surface area contributed by atoms with E-state index in [0.29, 0.717) is 26.5 Å². The van der Waals surface area contributed by atoms with Crippen LogP contribution in [-0.2, 0) is 0 Å². The van der Waals surface area contributed by atoms with Crippen LogP contribution in [-0.4, -0.2) is 9.97 Å². The molecule has 0 unspecified atom stereocenters. The van der Waals surface area contributed by atoms with E-state index < -0.39 is 0 Å². The summed E-state index contributed by atoms with van der Waals surface area (Å²) in [5.74, 6) is 0.506. The van der Waals surface area contributed by atoms with Crippen LogP contribution >= 0.6 is 34.8 Å². The molecule has 2 aromatic rings. The lowest BCUT2D eigenvalue weighted by Crippen LogP contribution is -1.88. The summed E-state index contributed by atoms with van der Waals surface area (Å²) < 4.78 is 0. The molecule has 0 radical (unpaired) electrons. The molecule has 0 aliphatic heterocycles. The van der Waals surface area contributed by atoms with Crippen molar-refractivity contribution in [2.45, 2.75) is 0 Å². The maximum atomic E-state index is 6.03. The number of benzene rings is 1. The summed E-state index contributed by atoms with van der Waals surface area (Å²) >= 11 is 17.8. The number of rotatable bonds is 1. The van der Waals surface area contributed by atoms with Gasteiger partial charge in [-0.3, -0.25) is 0 Å². The van der Waals surface area contributed by atoms with Gasteiger partial charge < -0.3 is 0 Å². The smallest absolute Gasteiger partial charge is 0.160 e. The zero-order valence-corrected chi connectivity index (χ0v) is 9.68. The van der Waals surface area contributed by atoms with Gasteiger partial charge in [-0.1, -0.05) is 34.8 Å². The molecule has 0 saturated heterocycles. The monoisotopic (exact) mass is 258 g/mol. The Labute approximate surface area is 102 Å². The number of aromatic nitrogens is 2. The van der Waals surface area contributed by atoms with Crippen molar-refractivity contribution in [1.82, 2.24) is 9.97 Å². The molecule has 0 fully saturated rings. The molecule has 0 amide bonds. The first kappa shape index (κ1) is 10.7. The third-order valence-electron chi connectivity index (χ3n) is 1.80. The second-order valence-corrected chi connectivity index (χ2v) is 4.04. The lowest BCUT2D eigenvalue weighted by molar-refractivity contribution is 1.18. The van der Waals surface area contributed by atoms with Crippen molar-refractivity contribution in [3.05, 3.63) is 45.7 Å². The van der Waals surface area contributed by atoms with Crippen LogP contribution in [0.15, 0.2) is 30.6 Å². The van der Waals surface area contributed by atoms with Gasteiger partial charge in [-0.2, -0.15) is 0 Å². The van der Waals surface area contributed by atoms with Gasteiger partial charge in [0.15, 0.2) is 5.82 Å². The van der Waals surface area contributed by atoms with Crippen molar-refractivity contribution < 1.29 is 0 Å². The van der Waals surface area contributed by atoms with Crippen LogP contribution in [0.5, 0.6) is 0 Å². The van der Waals surface area contributed by atoms with Crippen LogP contribution < -0.4 is 0 Å². The molecule has 1 heterocycles. The van der Waals surface area contributed by atoms with Gasteiger partial charge in [0.25, 0.3) is 0 Å². The first-order valence-corrected chi connectivity index (χ1v) is 5.24. The van der Waals surface area contributed by atoms with E-state index in [2.05, 4.69) is 9.97 Å². The fourth-order valence-corrected chi connectivity index (χ4v) is 1.84. The minimum absolute atomic E-state index is 0.395. The van der Waals surface area contributed by atoms with Gasteiger partial charge in [0, 0.05) is 23.0 Å². The molecule has 0 N–H and O–H groups in total. The largest absolute Gasteiger partial charge is 0.237 e. The van der Waals surface area contributed by atoms with Crippen LogP contribution in [0.25, 0.3) is 11.4 Å². The number of hydrogen-bond acceptors (Lipinski definition) is 2. The summed E-state index contributed by atoms with van der Waals surface area (Å²) in [5.41, 5.74) is 0.634. The van der Waals surface area contributed by atoms with Gasteiger partial charge in [0.1, 0.15) is 0 Å². The first-order valence-electron chi connectivity index (χ1n) is 4.10. The predicted molar refractivity (Wildman–Crippen MR) is 62.5 cm³/mol. The molecule has 2 nitrogen and oxygen atoms in total. The van der Waals surface area contributed by atoms with Crippen LogP contribution in [0.4, 0.5) is 0 Å². The second-order valence-electron chi connectivity index (χ2n) is 2.82. The van der Waals surface area contributed by atoms with E-state index in [9.17, 15) is 0 Å². The van der Waals surface area contributed by atoms with E-state index in [1.54, 1.807) is 30.6 Å². The number of halogens is 3. The van der Waals surface area contributed by atoms with E-state index in [-0.39, 0.29) is 0 Å². The Morgan fingerprint density at radius 2 is 1.60 bits per heavy atom. The van der Waals surface area contributed by atoms with E-state index in [1.165, 1.54) is 0 Å². The highest BCUT2D eigenvalue weighted by atomic mass is 35.5. The molecule has 1 aromatic heterocycles. The van der Waals surface area contributed by atoms with Gasteiger partial charge in [-0.25, -0.2) is 9.97 Å². The summed E-state index contributed by atoms with van der Waals surface area (Å²) in [7, 11) is 0. The van der Waals surface area contributed by atoms with Gasteiger partial charge in [0.2, 0.25) is 0 Å². The summed E-state index contributed by atoms with van der Waals surface area (Å²) in [6.45, 7) is 0. The van der Waals surface area contributed by atoms with E-state index >= 15 is 0 Å². The van der Waals surface area contributed by atoms with Gasteiger partial charge >= 0.3 is 0 Å². The van der Waals surface area contributed by atoms with Crippen LogP contribution in [0.2, 0.25) is 15.1 Å². The first-order chi connectivity index (χ1) is 7.18. The standard InChI is InChI=1S/C10H5Cl3N2/c11-6-4-7(9(13)8(12)5-6)10-14-2-1-3-15-10/h1-5H. The highest BCUT2D eigenvalue weighted by molar-refractivity contribution is 6.44. The van der Waals surface area contributed by atoms with Crippen LogP contribution in [0.3, 0.4) is 0 Å². The molecule has 0 saturated carbocycles. The zero-order chi connectivity index (χ0) is 10.8. The molecule has 0 aliphatic carbocycles. The SMILES string of the molecule is Clc1cc(Cl)c(Cl)c(-c2ncccn2)c1. The fourth-order valence-electron chi connectivity index (χ4n) is 1.16. The second kappa shape index (κ2) is 4.35. The molecule has 0 bridgehead atoms. The Morgan fingerprint density at radius 3 is 2.27 bits per heavy atom. The quantitative estimate of drug-likeness (QED) is 0.721. The molecule has 0 aliphatic rings. The molecule has 0 atom stereocenters. The van der Waals surface area contributed by atoms with Crippen molar-refractivity contribution in [2.75, 3.05) is 0 Å². The average Bonchev–Trinajstić information content (AvgIpc) is 2.24. The third kappa shape index (κ3) is 2.23. The fraction of sp³-hybridized carbons (Fsp3) is 0. The Bertz CT molecular complexity index is 486. The Morgan fingerprint density at radius 1 is 0.933 bits per heavy atom. The molecular weight excluding hydrogens is 254 g/mol. The van der Waals surface area contributed by atoms with Crippen molar-refractivity contribution in [3.63, 3.8) is 0 Å². The maximum absolute atomic E-state index is 6.03. The minimum atomic E-state index is 0.395.